The van der Waals surface area contributed by atoms with E-state index < -0.39 is 12.0 Å². The van der Waals surface area contributed by atoms with E-state index in [0.29, 0.717) is 6.54 Å². The summed E-state index contributed by atoms with van der Waals surface area (Å²) in [6.07, 6.45) is 2.08. The molecule has 1 atom stereocenters. The van der Waals surface area contributed by atoms with Crippen molar-refractivity contribution in [2.45, 2.75) is 31.2 Å². The van der Waals surface area contributed by atoms with Crippen LogP contribution in [-0.4, -0.2) is 28.4 Å². The summed E-state index contributed by atoms with van der Waals surface area (Å²) in [6, 6.07) is 6.80. The Morgan fingerprint density at radius 1 is 1.33 bits per heavy atom. The Kier molecular flexibility index (Phi) is 2.24. The first-order valence-corrected chi connectivity index (χ1v) is 6.15. The van der Waals surface area contributed by atoms with Crippen LogP contribution in [0.5, 0.6) is 0 Å². The molecule has 18 heavy (non-hydrogen) atoms. The van der Waals surface area contributed by atoms with Gasteiger partial charge in [0.25, 0.3) is 0 Å². The van der Waals surface area contributed by atoms with Crippen LogP contribution in [0.15, 0.2) is 24.3 Å². The molecule has 1 aromatic rings. The zero-order chi connectivity index (χ0) is 12.9. The number of nitrogens with zero attached hydrogens (tertiary/aromatic N) is 1. The summed E-state index contributed by atoms with van der Waals surface area (Å²) in [7, 11) is 0. The van der Waals surface area contributed by atoms with Gasteiger partial charge in [-0.05, 0) is 24.0 Å². The molecule has 1 amide bonds. The normalized spacial score (nSPS) is 23.6. The van der Waals surface area contributed by atoms with Crippen LogP contribution in [-0.2, 0) is 15.0 Å². The van der Waals surface area contributed by atoms with Gasteiger partial charge in [-0.15, -0.1) is 0 Å². The van der Waals surface area contributed by atoms with Crippen LogP contribution in [0.1, 0.15) is 36.9 Å². The monoisotopic (exact) mass is 245 g/mol. The highest BCUT2D eigenvalue weighted by molar-refractivity contribution is 5.85. The molecule has 0 saturated heterocycles. The Bertz CT molecular complexity index is 534. The summed E-state index contributed by atoms with van der Waals surface area (Å²) in [6.45, 7) is 1.98. The van der Waals surface area contributed by atoms with Crippen LogP contribution in [0.2, 0.25) is 0 Å². The zero-order valence-electron chi connectivity index (χ0n) is 10.2. The topological polar surface area (TPSA) is 57.6 Å². The highest BCUT2D eigenvalue weighted by Crippen LogP contribution is 2.54. The van der Waals surface area contributed by atoms with Crippen molar-refractivity contribution >= 4 is 11.9 Å². The summed E-state index contributed by atoms with van der Waals surface area (Å²) >= 11 is 0. The maximum atomic E-state index is 11.7. The van der Waals surface area contributed by atoms with E-state index in [9.17, 15) is 14.7 Å². The van der Waals surface area contributed by atoms with Crippen LogP contribution in [0.3, 0.4) is 0 Å². The second-order valence-electron chi connectivity index (χ2n) is 5.26. The smallest absolute Gasteiger partial charge is 0.331 e. The Hall–Kier alpha value is -1.84. The molecule has 1 aromatic carbocycles. The number of benzene rings is 1. The first-order valence-electron chi connectivity index (χ1n) is 6.15. The van der Waals surface area contributed by atoms with E-state index in [2.05, 4.69) is 0 Å². The molecular formula is C14H15NO3. The van der Waals surface area contributed by atoms with Gasteiger partial charge in [0.15, 0.2) is 6.04 Å². The van der Waals surface area contributed by atoms with Gasteiger partial charge in [-0.2, -0.15) is 0 Å². The quantitative estimate of drug-likeness (QED) is 0.819. The standard InChI is InChI=1S/C14H15NO3/c1-9(16)15-8-14(6-7-14)11-5-3-2-4-10(11)12(15)13(17)18/h2-5,12H,6-8H2,1H3,(H,17,18). The van der Waals surface area contributed by atoms with Gasteiger partial charge in [0.2, 0.25) is 5.91 Å². The van der Waals surface area contributed by atoms with Gasteiger partial charge in [0.1, 0.15) is 0 Å². The number of aliphatic carboxylic acids is 1. The first kappa shape index (κ1) is 11.3. The molecule has 1 saturated carbocycles. The van der Waals surface area contributed by atoms with E-state index >= 15 is 0 Å². The molecule has 1 spiro atoms. The van der Waals surface area contributed by atoms with Crippen LogP contribution in [0.4, 0.5) is 0 Å². The minimum atomic E-state index is -0.951. The van der Waals surface area contributed by atoms with Crippen molar-refractivity contribution in [1.82, 2.24) is 4.90 Å². The third kappa shape index (κ3) is 1.45. The molecule has 4 heteroatoms. The lowest BCUT2D eigenvalue weighted by Crippen LogP contribution is -2.46. The fraction of sp³-hybridized carbons (Fsp3) is 0.429. The number of fused-ring (bicyclic) bond motifs is 2. The van der Waals surface area contributed by atoms with E-state index in [-0.39, 0.29) is 11.3 Å². The highest BCUT2D eigenvalue weighted by atomic mass is 16.4. The van der Waals surface area contributed by atoms with Gasteiger partial charge in [-0.1, -0.05) is 24.3 Å². The molecule has 1 aliphatic carbocycles. The molecule has 1 unspecified atom stereocenters. The van der Waals surface area contributed by atoms with Crippen LogP contribution < -0.4 is 0 Å². The second-order valence-corrected chi connectivity index (χ2v) is 5.26. The van der Waals surface area contributed by atoms with Gasteiger partial charge in [0, 0.05) is 18.9 Å². The number of rotatable bonds is 1. The summed E-state index contributed by atoms with van der Waals surface area (Å²) in [5.74, 6) is -1.11. The maximum Gasteiger partial charge on any atom is 0.331 e. The van der Waals surface area contributed by atoms with Gasteiger partial charge in [-0.3, -0.25) is 4.79 Å². The first-order chi connectivity index (χ1) is 8.55. The number of amides is 1. The average Bonchev–Trinajstić information content (AvgIpc) is 3.09. The van der Waals surface area contributed by atoms with Gasteiger partial charge in [-0.25, -0.2) is 4.79 Å². The molecule has 1 aliphatic heterocycles. The summed E-state index contributed by atoms with van der Waals surface area (Å²) in [5, 5.41) is 9.40. The Morgan fingerprint density at radius 3 is 2.56 bits per heavy atom. The lowest BCUT2D eigenvalue weighted by Gasteiger charge is -2.39. The Morgan fingerprint density at radius 2 is 2.00 bits per heavy atom. The summed E-state index contributed by atoms with van der Waals surface area (Å²) in [5.41, 5.74) is 1.92. The van der Waals surface area contributed by atoms with Crippen LogP contribution in [0.25, 0.3) is 0 Å². The van der Waals surface area contributed by atoms with Gasteiger partial charge >= 0.3 is 5.97 Å². The van der Waals surface area contributed by atoms with E-state index in [1.54, 1.807) is 0 Å². The van der Waals surface area contributed by atoms with Gasteiger partial charge < -0.3 is 10.0 Å². The SMILES string of the molecule is CC(=O)N1CC2(CC2)c2ccccc2C1C(=O)O. The molecule has 0 radical (unpaired) electrons. The maximum absolute atomic E-state index is 11.7. The number of hydrogen-bond acceptors (Lipinski definition) is 2. The average molecular weight is 245 g/mol. The molecule has 0 aromatic heterocycles. The second kappa shape index (κ2) is 3.57. The molecule has 2 aliphatic rings. The summed E-state index contributed by atoms with van der Waals surface area (Å²) < 4.78 is 0. The van der Waals surface area contributed by atoms with Crippen molar-refractivity contribution in [1.29, 1.82) is 0 Å². The fourth-order valence-corrected chi connectivity index (χ4v) is 3.03. The number of hydrogen-bond donors (Lipinski definition) is 1. The number of carbonyl (C=O) groups is 2. The van der Waals surface area contributed by atoms with Crippen molar-refractivity contribution in [3.8, 4) is 0 Å². The van der Waals surface area contributed by atoms with Crippen LogP contribution in [0, 0.1) is 0 Å². The number of carboxylic acid groups (broad SMARTS) is 1. The van der Waals surface area contributed by atoms with E-state index in [0.717, 1.165) is 24.0 Å². The van der Waals surface area contributed by atoms with Crippen molar-refractivity contribution in [2.75, 3.05) is 6.54 Å². The molecule has 0 bridgehead atoms. The molecule has 1 fully saturated rings. The van der Waals surface area contributed by atoms with Crippen molar-refractivity contribution in [3.05, 3.63) is 35.4 Å². The highest BCUT2D eigenvalue weighted by Gasteiger charge is 2.53. The van der Waals surface area contributed by atoms with E-state index in [1.165, 1.54) is 11.8 Å². The predicted molar refractivity (Wildman–Crippen MR) is 65.1 cm³/mol. The molecule has 3 rings (SSSR count). The van der Waals surface area contributed by atoms with Crippen molar-refractivity contribution in [3.63, 3.8) is 0 Å². The minimum absolute atomic E-state index is 0.0220. The Balaban J connectivity index is 2.16. The lowest BCUT2D eigenvalue weighted by molar-refractivity contribution is -0.150. The van der Waals surface area contributed by atoms with E-state index in [1.807, 2.05) is 24.3 Å². The molecule has 94 valence electrons. The largest absolute Gasteiger partial charge is 0.479 e. The van der Waals surface area contributed by atoms with Crippen LogP contribution >= 0.6 is 0 Å². The van der Waals surface area contributed by atoms with Crippen molar-refractivity contribution in [2.24, 2.45) is 0 Å². The van der Waals surface area contributed by atoms with Crippen molar-refractivity contribution < 1.29 is 14.7 Å². The molecular weight excluding hydrogens is 230 g/mol. The fourth-order valence-electron chi connectivity index (χ4n) is 3.03. The zero-order valence-corrected chi connectivity index (χ0v) is 10.2. The molecule has 4 nitrogen and oxygen atoms in total. The minimum Gasteiger partial charge on any atom is -0.479 e. The molecule has 1 N–H and O–H groups in total. The van der Waals surface area contributed by atoms with E-state index in [4.69, 9.17) is 0 Å². The summed E-state index contributed by atoms with van der Waals surface area (Å²) in [4.78, 5) is 24.7. The number of carbonyl (C=O) groups excluding carboxylic acids is 1. The number of carboxylic acids is 1. The lowest BCUT2D eigenvalue weighted by atomic mass is 9.83. The molecule has 1 heterocycles. The Labute approximate surface area is 105 Å². The van der Waals surface area contributed by atoms with Gasteiger partial charge in [0.05, 0.1) is 0 Å². The third-order valence-electron chi connectivity index (χ3n) is 4.10. The third-order valence-corrected chi connectivity index (χ3v) is 4.10. The predicted octanol–water partition coefficient (Wildman–Crippen LogP) is 1.71.